The third-order valence-electron chi connectivity index (χ3n) is 3.96. The lowest BCUT2D eigenvalue weighted by Crippen LogP contribution is -2.45. The summed E-state index contributed by atoms with van der Waals surface area (Å²) in [4.78, 5) is 23.5. The first-order valence-corrected chi connectivity index (χ1v) is 7.64. The van der Waals surface area contributed by atoms with E-state index in [-0.39, 0.29) is 17.8 Å². The third-order valence-corrected chi connectivity index (χ3v) is 3.96. The zero-order chi connectivity index (χ0) is 15.1. The number of amides is 1. The van der Waals surface area contributed by atoms with Gasteiger partial charge in [-0.25, -0.2) is 4.79 Å². The van der Waals surface area contributed by atoms with E-state index < -0.39 is 6.04 Å². The van der Waals surface area contributed by atoms with Crippen LogP contribution in [0.3, 0.4) is 0 Å². The molecule has 0 spiro atoms. The van der Waals surface area contributed by atoms with Gasteiger partial charge < -0.3 is 10.1 Å². The van der Waals surface area contributed by atoms with Crippen LogP contribution in [-0.2, 0) is 20.7 Å². The Morgan fingerprint density at radius 3 is 2.52 bits per heavy atom. The van der Waals surface area contributed by atoms with Crippen molar-refractivity contribution in [2.24, 2.45) is 5.92 Å². The predicted molar refractivity (Wildman–Crippen MR) is 80.7 cm³/mol. The van der Waals surface area contributed by atoms with Crippen molar-refractivity contribution in [1.82, 2.24) is 5.32 Å². The van der Waals surface area contributed by atoms with E-state index in [1.165, 1.54) is 6.92 Å². The van der Waals surface area contributed by atoms with Gasteiger partial charge in [-0.05, 0) is 24.3 Å². The van der Waals surface area contributed by atoms with Crippen molar-refractivity contribution in [1.29, 1.82) is 0 Å². The van der Waals surface area contributed by atoms with Crippen LogP contribution in [0.15, 0.2) is 30.3 Å². The van der Waals surface area contributed by atoms with E-state index in [9.17, 15) is 9.59 Å². The van der Waals surface area contributed by atoms with Gasteiger partial charge in [0.15, 0.2) is 0 Å². The number of hydrogen-bond acceptors (Lipinski definition) is 3. The van der Waals surface area contributed by atoms with Crippen LogP contribution < -0.4 is 5.32 Å². The summed E-state index contributed by atoms with van der Waals surface area (Å²) in [5.74, 6) is -0.252. The molecule has 114 valence electrons. The Bertz CT molecular complexity index is 466. The van der Waals surface area contributed by atoms with Gasteiger partial charge in [0, 0.05) is 13.3 Å². The van der Waals surface area contributed by atoms with Crippen LogP contribution in [0.5, 0.6) is 0 Å². The lowest BCUT2D eigenvalue weighted by Gasteiger charge is -2.22. The Morgan fingerprint density at radius 2 is 1.90 bits per heavy atom. The number of carbonyl (C=O) groups excluding carboxylic acids is 2. The number of benzene rings is 1. The molecule has 2 rings (SSSR count). The van der Waals surface area contributed by atoms with Gasteiger partial charge in [0.1, 0.15) is 6.04 Å². The molecule has 1 N–H and O–H groups in total. The number of carbonyl (C=O) groups is 2. The molecule has 1 atom stereocenters. The van der Waals surface area contributed by atoms with E-state index in [1.807, 2.05) is 30.3 Å². The van der Waals surface area contributed by atoms with Crippen LogP contribution in [-0.4, -0.2) is 24.5 Å². The second-order valence-corrected chi connectivity index (χ2v) is 5.63. The van der Waals surface area contributed by atoms with E-state index in [0.29, 0.717) is 13.0 Å². The highest BCUT2D eigenvalue weighted by Gasteiger charge is 2.32. The molecule has 1 aliphatic carbocycles. The number of nitrogens with one attached hydrogen (secondary N) is 1. The molecular formula is C17H23NO3. The largest absolute Gasteiger partial charge is 0.464 e. The van der Waals surface area contributed by atoms with Crippen LogP contribution in [0, 0.1) is 5.92 Å². The number of rotatable bonds is 6. The Hall–Kier alpha value is -1.84. The maximum atomic E-state index is 12.2. The lowest BCUT2D eigenvalue weighted by atomic mass is 9.98. The number of ether oxygens (including phenoxy) is 1. The van der Waals surface area contributed by atoms with Gasteiger partial charge in [0.2, 0.25) is 5.91 Å². The van der Waals surface area contributed by atoms with Crippen molar-refractivity contribution in [3.8, 4) is 0 Å². The molecule has 1 amide bonds. The fourth-order valence-electron chi connectivity index (χ4n) is 2.88. The van der Waals surface area contributed by atoms with Gasteiger partial charge in [0.25, 0.3) is 0 Å². The highest BCUT2D eigenvalue weighted by Crippen LogP contribution is 2.28. The topological polar surface area (TPSA) is 55.4 Å². The summed E-state index contributed by atoms with van der Waals surface area (Å²) < 4.78 is 5.37. The molecule has 1 aromatic carbocycles. The van der Waals surface area contributed by atoms with Crippen molar-refractivity contribution >= 4 is 11.9 Å². The van der Waals surface area contributed by atoms with Crippen LogP contribution in [0.25, 0.3) is 0 Å². The molecule has 1 unspecified atom stereocenters. The van der Waals surface area contributed by atoms with Crippen molar-refractivity contribution in [2.75, 3.05) is 6.61 Å². The molecule has 0 bridgehead atoms. The molecule has 0 heterocycles. The molecule has 21 heavy (non-hydrogen) atoms. The highest BCUT2D eigenvalue weighted by atomic mass is 16.5. The fourth-order valence-corrected chi connectivity index (χ4v) is 2.88. The molecular weight excluding hydrogens is 266 g/mol. The lowest BCUT2D eigenvalue weighted by molar-refractivity contribution is -0.149. The average Bonchev–Trinajstić information content (AvgIpc) is 2.99. The molecule has 1 saturated carbocycles. The van der Waals surface area contributed by atoms with Crippen molar-refractivity contribution in [3.63, 3.8) is 0 Å². The molecule has 1 aliphatic rings. The van der Waals surface area contributed by atoms with Crippen LogP contribution in [0.1, 0.15) is 38.2 Å². The SMILES string of the molecule is CC(=O)NC(C(=O)OCCc1ccccc1)C1CCCC1. The van der Waals surface area contributed by atoms with Crippen molar-refractivity contribution in [3.05, 3.63) is 35.9 Å². The van der Waals surface area contributed by atoms with Crippen LogP contribution >= 0.6 is 0 Å². The number of esters is 1. The summed E-state index contributed by atoms with van der Waals surface area (Å²) in [6.45, 7) is 1.80. The minimum atomic E-state index is -0.485. The molecule has 0 radical (unpaired) electrons. The minimum absolute atomic E-state index is 0.174. The van der Waals surface area contributed by atoms with Gasteiger partial charge in [-0.15, -0.1) is 0 Å². The summed E-state index contributed by atoms with van der Waals surface area (Å²) in [5.41, 5.74) is 1.14. The Balaban J connectivity index is 1.84. The maximum absolute atomic E-state index is 12.2. The summed E-state index contributed by atoms with van der Waals surface area (Å²) in [6.07, 6.45) is 4.91. The molecule has 4 heteroatoms. The second kappa shape index (κ2) is 7.81. The summed E-state index contributed by atoms with van der Waals surface area (Å²) in [7, 11) is 0. The summed E-state index contributed by atoms with van der Waals surface area (Å²) >= 11 is 0. The highest BCUT2D eigenvalue weighted by molar-refractivity contribution is 5.83. The summed E-state index contributed by atoms with van der Waals surface area (Å²) in [6, 6.07) is 9.43. The molecule has 1 aromatic rings. The van der Waals surface area contributed by atoms with Gasteiger partial charge in [-0.2, -0.15) is 0 Å². The Labute approximate surface area is 125 Å². The first-order valence-electron chi connectivity index (χ1n) is 7.64. The van der Waals surface area contributed by atoms with Crippen LogP contribution in [0.4, 0.5) is 0 Å². The normalized spacial score (nSPS) is 16.4. The first-order chi connectivity index (χ1) is 10.2. The van der Waals surface area contributed by atoms with E-state index in [2.05, 4.69) is 5.32 Å². The smallest absolute Gasteiger partial charge is 0.328 e. The maximum Gasteiger partial charge on any atom is 0.328 e. The molecule has 4 nitrogen and oxygen atoms in total. The average molecular weight is 289 g/mol. The van der Waals surface area contributed by atoms with Crippen LogP contribution in [0.2, 0.25) is 0 Å². The van der Waals surface area contributed by atoms with E-state index >= 15 is 0 Å². The third kappa shape index (κ3) is 4.88. The van der Waals surface area contributed by atoms with E-state index in [1.54, 1.807) is 0 Å². The number of hydrogen-bond donors (Lipinski definition) is 1. The first kappa shape index (κ1) is 15.5. The van der Waals surface area contributed by atoms with Gasteiger partial charge >= 0.3 is 5.97 Å². The second-order valence-electron chi connectivity index (χ2n) is 5.63. The molecule has 1 fully saturated rings. The van der Waals surface area contributed by atoms with E-state index in [4.69, 9.17) is 4.74 Å². The Morgan fingerprint density at radius 1 is 1.24 bits per heavy atom. The monoisotopic (exact) mass is 289 g/mol. The fraction of sp³-hybridized carbons (Fsp3) is 0.529. The predicted octanol–water partition coefficient (Wildman–Crippen LogP) is 2.47. The van der Waals surface area contributed by atoms with Gasteiger partial charge in [-0.1, -0.05) is 43.2 Å². The molecule has 0 aromatic heterocycles. The minimum Gasteiger partial charge on any atom is -0.464 e. The van der Waals surface area contributed by atoms with Gasteiger partial charge in [-0.3, -0.25) is 4.79 Å². The standard InChI is InChI=1S/C17H23NO3/c1-13(19)18-16(15-9-5-6-10-15)17(20)21-12-11-14-7-3-2-4-8-14/h2-4,7-8,15-16H,5-6,9-12H2,1H3,(H,18,19). The van der Waals surface area contributed by atoms with Crippen molar-refractivity contribution in [2.45, 2.75) is 45.1 Å². The molecule has 0 saturated heterocycles. The summed E-state index contributed by atoms with van der Waals surface area (Å²) in [5, 5.41) is 2.76. The van der Waals surface area contributed by atoms with E-state index in [0.717, 1.165) is 31.2 Å². The van der Waals surface area contributed by atoms with Crippen molar-refractivity contribution < 1.29 is 14.3 Å². The molecule has 0 aliphatic heterocycles. The zero-order valence-electron chi connectivity index (χ0n) is 12.5. The zero-order valence-corrected chi connectivity index (χ0v) is 12.5. The quantitative estimate of drug-likeness (QED) is 0.819. The van der Waals surface area contributed by atoms with Gasteiger partial charge in [0.05, 0.1) is 6.61 Å². The Kier molecular flexibility index (Phi) is 5.78.